The fraction of sp³-hybridized carbons (Fsp3) is 0.238. The number of methoxy groups -OCH3 is 1. The van der Waals surface area contributed by atoms with E-state index in [4.69, 9.17) is 9.47 Å². The molecule has 2 N–H and O–H groups in total. The second-order valence-electron chi connectivity index (χ2n) is 6.54. The summed E-state index contributed by atoms with van der Waals surface area (Å²) < 4.78 is 11.1. The molecule has 0 radical (unpaired) electrons. The molecule has 1 aromatic heterocycles. The van der Waals surface area contributed by atoms with Crippen LogP contribution in [0.1, 0.15) is 34.6 Å². The third-order valence-electron chi connectivity index (χ3n) is 4.96. The number of fused-ring (bicyclic) bond motifs is 1. The molecule has 4 rings (SSSR count). The van der Waals surface area contributed by atoms with E-state index in [1.54, 1.807) is 37.3 Å². The minimum absolute atomic E-state index is 0.113. The Morgan fingerprint density at radius 1 is 1.21 bits per heavy atom. The Balaban J connectivity index is 1.86. The summed E-state index contributed by atoms with van der Waals surface area (Å²) in [5.74, 6) is 1.21. The molecule has 0 fully saturated rings. The van der Waals surface area contributed by atoms with E-state index >= 15 is 0 Å². The first-order valence-corrected chi connectivity index (χ1v) is 9.01. The number of carbonyl (C=O) groups is 1. The number of aromatic hydroxyl groups is 1. The maximum Gasteiger partial charge on any atom is 0.272 e. The number of aromatic amines is 1. The van der Waals surface area contributed by atoms with E-state index in [0.717, 1.165) is 11.1 Å². The average Bonchev–Trinajstić information content (AvgIpc) is 3.22. The van der Waals surface area contributed by atoms with Gasteiger partial charge in [0, 0.05) is 18.2 Å². The number of hydrogen-bond acceptors (Lipinski definition) is 5. The molecule has 28 heavy (non-hydrogen) atoms. The highest BCUT2D eigenvalue weighted by atomic mass is 16.5. The van der Waals surface area contributed by atoms with Gasteiger partial charge in [0.05, 0.1) is 19.8 Å². The molecule has 1 amide bonds. The van der Waals surface area contributed by atoms with Crippen LogP contribution < -0.4 is 9.47 Å². The molecule has 0 spiro atoms. The molecule has 0 saturated carbocycles. The number of amides is 1. The number of H-pyrrole nitrogens is 1. The fourth-order valence-corrected chi connectivity index (χ4v) is 3.67. The first-order chi connectivity index (χ1) is 13.6. The van der Waals surface area contributed by atoms with E-state index in [2.05, 4.69) is 10.2 Å². The summed E-state index contributed by atoms with van der Waals surface area (Å²) >= 11 is 0. The molecule has 0 aliphatic carbocycles. The quantitative estimate of drug-likeness (QED) is 0.710. The Labute approximate surface area is 162 Å². The smallest absolute Gasteiger partial charge is 0.272 e. The molecule has 0 unspecified atom stereocenters. The van der Waals surface area contributed by atoms with E-state index in [1.807, 2.05) is 31.2 Å². The van der Waals surface area contributed by atoms with E-state index in [1.165, 1.54) is 0 Å². The largest absolute Gasteiger partial charge is 0.507 e. The Bertz CT molecular complexity index is 1040. The average molecular weight is 379 g/mol. The molecule has 1 aliphatic rings. The molecule has 0 saturated heterocycles. The number of nitrogens with one attached hydrogen (secondary N) is 1. The van der Waals surface area contributed by atoms with Crippen LogP contribution in [0.4, 0.5) is 0 Å². The number of para-hydroxylation sites is 1. The summed E-state index contributed by atoms with van der Waals surface area (Å²) in [7, 11) is 3.33. The molecule has 144 valence electrons. The van der Waals surface area contributed by atoms with Gasteiger partial charge in [-0.1, -0.05) is 18.2 Å². The molecule has 1 atom stereocenters. The van der Waals surface area contributed by atoms with Crippen LogP contribution in [0.25, 0.3) is 11.3 Å². The summed E-state index contributed by atoms with van der Waals surface area (Å²) in [6.45, 7) is 2.44. The van der Waals surface area contributed by atoms with Crippen LogP contribution >= 0.6 is 0 Å². The highest BCUT2D eigenvalue weighted by molar-refractivity contribution is 6.00. The Kier molecular flexibility index (Phi) is 4.43. The highest BCUT2D eigenvalue weighted by Gasteiger charge is 2.40. The molecular formula is C21H21N3O4. The van der Waals surface area contributed by atoms with Gasteiger partial charge in [-0.3, -0.25) is 9.89 Å². The zero-order chi connectivity index (χ0) is 19.8. The first kappa shape index (κ1) is 17.9. The van der Waals surface area contributed by atoms with Crippen LogP contribution in [0.5, 0.6) is 17.2 Å². The van der Waals surface area contributed by atoms with Crippen LogP contribution in [0.15, 0.2) is 42.5 Å². The van der Waals surface area contributed by atoms with E-state index < -0.39 is 0 Å². The molecule has 2 heterocycles. The number of ether oxygens (including phenoxy) is 2. The predicted molar refractivity (Wildman–Crippen MR) is 104 cm³/mol. The van der Waals surface area contributed by atoms with Crippen LogP contribution in [-0.2, 0) is 0 Å². The first-order valence-electron chi connectivity index (χ1n) is 9.01. The number of phenolic OH excluding ortho intramolecular Hbond substituents is 1. The maximum absolute atomic E-state index is 12.8. The second-order valence-corrected chi connectivity index (χ2v) is 6.54. The number of aromatic nitrogens is 2. The fourth-order valence-electron chi connectivity index (χ4n) is 3.67. The summed E-state index contributed by atoms with van der Waals surface area (Å²) in [4.78, 5) is 14.4. The minimum Gasteiger partial charge on any atom is -0.507 e. The maximum atomic E-state index is 12.8. The van der Waals surface area contributed by atoms with Crippen molar-refractivity contribution < 1.29 is 19.4 Å². The lowest BCUT2D eigenvalue weighted by Crippen LogP contribution is -2.24. The van der Waals surface area contributed by atoms with Crippen molar-refractivity contribution in [3.63, 3.8) is 0 Å². The zero-order valence-corrected chi connectivity index (χ0v) is 15.9. The Morgan fingerprint density at radius 3 is 2.71 bits per heavy atom. The van der Waals surface area contributed by atoms with Crippen molar-refractivity contribution >= 4 is 5.91 Å². The monoisotopic (exact) mass is 379 g/mol. The minimum atomic E-state index is -0.361. The lowest BCUT2D eigenvalue weighted by molar-refractivity contribution is 0.0787. The Hall–Kier alpha value is -3.48. The SMILES string of the molecule is CCOc1ccc([C@H]2c3c(-c4ccccc4O)n[nH]c3C(=O)N2C)cc1OC. The van der Waals surface area contributed by atoms with Gasteiger partial charge in [-0.05, 0) is 36.8 Å². The molecular weight excluding hydrogens is 358 g/mol. The van der Waals surface area contributed by atoms with Gasteiger partial charge in [0.15, 0.2) is 11.5 Å². The number of benzene rings is 2. The van der Waals surface area contributed by atoms with Crippen molar-refractivity contribution in [1.29, 1.82) is 0 Å². The topological polar surface area (TPSA) is 87.7 Å². The zero-order valence-electron chi connectivity index (χ0n) is 15.9. The highest BCUT2D eigenvalue weighted by Crippen LogP contribution is 2.45. The van der Waals surface area contributed by atoms with Crippen molar-refractivity contribution in [1.82, 2.24) is 15.1 Å². The van der Waals surface area contributed by atoms with Crippen molar-refractivity contribution in [2.45, 2.75) is 13.0 Å². The lowest BCUT2D eigenvalue weighted by Gasteiger charge is -2.23. The second kappa shape index (κ2) is 6.92. The molecule has 1 aliphatic heterocycles. The summed E-state index contributed by atoms with van der Waals surface area (Å²) in [5.41, 5.74) is 3.17. The third-order valence-corrected chi connectivity index (χ3v) is 4.96. The predicted octanol–water partition coefficient (Wildman–Crippen LogP) is 3.36. The van der Waals surface area contributed by atoms with Crippen molar-refractivity contribution in [3.05, 3.63) is 59.3 Å². The number of nitrogens with zero attached hydrogens (tertiary/aromatic N) is 2. The van der Waals surface area contributed by atoms with Crippen LogP contribution in [-0.4, -0.2) is 46.9 Å². The van der Waals surface area contributed by atoms with Crippen molar-refractivity contribution in [2.24, 2.45) is 0 Å². The summed E-state index contributed by atoms with van der Waals surface area (Å²) in [6, 6.07) is 12.2. The summed E-state index contributed by atoms with van der Waals surface area (Å²) in [6.07, 6.45) is 0. The Morgan fingerprint density at radius 2 is 2.00 bits per heavy atom. The molecule has 0 bridgehead atoms. The molecule has 2 aromatic carbocycles. The van der Waals surface area contributed by atoms with Crippen LogP contribution in [0.3, 0.4) is 0 Å². The molecule has 7 nitrogen and oxygen atoms in total. The standard InChI is InChI=1S/C21H21N3O4/c1-4-28-15-10-9-12(11-16(15)27-3)20-17-18(13-7-5-6-8-14(13)25)22-23-19(17)21(26)24(20)2/h5-11,20,25H,4H2,1-3H3,(H,22,23)/t20-/m0/s1. The number of carbonyl (C=O) groups excluding carboxylic acids is 1. The number of hydrogen-bond donors (Lipinski definition) is 2. The molecule has 7 heteroatoms. The normalized spacial score (nSPS) is 15.6. The van der Waals surface area contributed by atoms with E-state index in [-0.39, 0.29) is 17.7 Å². The van der Waals surface area contributed by atoms with Crippen molar-refractivity contribution in [3.8, 4) is 28.5 Å². The van der Waals surface area contributed by atoms with Gasteiger partial charge in [-0.15, -0.1) is 0 Å². The van der Waals surface area contributed by atoms with Gasteiger partial charge in [0.25, 0.3) is 5.91 Å². The van der Waals surface area contributed by atoms with Gasteiger partial charge >= 0.3 is 0 Å². The van der Waals surface area contributed by atoms with Crippen molar-refractivity contribution in [2.75, 3.05) is 20.8 Å². The van der Waals surface area contributed by atoms with E-state index in [9.17, 15) is 9.90 Å². The number of rotatable bonds is 5. The van der Waals surface area contributed by atoms with Gasteiger partial charge < -0.3 is 19.5 Å². The lowest BCUT2D eigenvalue weighted by atomic mass is 9.95. The van der Waals surface area contributed by atoms with Gasteiger partial charge in [-0.2, -0.15) is 5.10 Å². The molecule has 3 aromatic rings. The number of phenols is 1. The van der Waals surface area contributed by atoms with Crippen LogP contribution in [0, 0.1) is 0 Å². The van der Waals surface area contributed by atoms with Gasteiger partial charge in [-0.25, -0.2) is 0 Å². The van der Waals surface area contributed by atoms with E-state index in [0.29, 0.717) is 35.1 Å². The van der Waals surface area contributed by atoms with Gasteiger partial charge in [0.1, 0.15) is 17.1 Å². The summed E-state index contributed by atoms with van der Waals surface area (Å²) in [5, 5.41) is 17.5. The van der Waals surface area contributed by atoms with Crippen LogP contribution in [0.2, 0.25) is 0 Å². The third kappa shape index (κ3) is 2.67. The van der Waals surface area contributed by atoms with Gasteiger partial charge in [0.2, 0.25) is 0 Å².